The third kappa shape index (κ3) is 2.41. The standard InChI is InChI=1S/C10H12ClN3O3/c11-7-4-12-13-9(15)8(7)14-3-1-2-6(5-14)10(16)17/h4,6H,1-3,5H2,(H,13,15)(H,16,17). The van der Waals surface area contributed by atoms with Crippen LogP contribution >= 0.6 is 11.6 Å². The van der Waals surface area contributed by atoms with Gasteiger partial charge in [-0.25, -0.2) is 5.10 Å². The van der Waals surface area contributed by atoms with Crippen LogP contribution in [0.4, 0.5) is 5.69 Å². The van der Waals surface area contributed by atoms with Crippen molar-refractivity contribution in [3.05, 3.63) is 21.6 Å². The van der Waals surface area contributed by atoms with Crippen molar-refractivity contribution in [3.63, 3.8) is 0 Å². The SMILES string of the molecule is O=C(O)C1CCCN(c2c(Cl)cn[nH]c2=O)C1. The summed E-state index contributed by atoms with van der Waals surface area (Å²) in [6.45, 7) is 0.943. The van der Waals surface area contributed by atoms with Crippen LogP contribution in [0.5, 0.6) is 0 Å². The monoisotopic (exact) mass is 257 g/mol. The normalized spacial score (nSPS) is 20.3. The average Bonchev–Trinajstić information content (AvgIpc) is 2.29. The molecule has 92 valence electrons. The van der Waals surface area contributed by atoms with Gasteiger partial charge >= 0.3 is 5.97 Å². The zero-order valence-electron chi connectivity index (χ0n) is 9.02. The molecule has 2 N–H and O–H groups in total. The summed E-state index contributed by atoms with van der Waals surface area (Å²) < 4.78 is 0. The molecule has 7 heteroatoms. The van der Waals surface area contributed by atoms with E-state index in [1.54, 1.807) is 4.90 Å². The van der Waals surface area contributed by atoms with E-state index < -0.39 is 11.9 Å². The van der Waals surface area contributed by atoms with E-state index in [2.05, 4.69) is 10.2 Å². The minimum absolute atomic E-state index is 0.250. The Kier molecular flexibility index (Phi) is 3.33. The fraction of sp³-hybridized carbons (Fsp3) is 0.500. The fourth-order valence-corrected chi connectivity index (χ4v) is 2.30. The van der Waals surface area contributed by atoms with Gasteiger partial charge in [0.25, 0.3) is 5.56 Å². The number of piperidine rings is 1. The van der Waals surface area contributed by atoms with Crippen molar-refractivity contribution in [1.29, 1.82) is 0 Å². The van der Waals surface area contributed by atoms with E-state index in [1.165, 1.54) is 6.20 Å². The minimum atomic E-state index is -0.837. The van der Waals surface area contributed by atoms with Crippen molar-refractivity contribution >= 4 is 23.3 Å². The lowest BCUT2D eigenvalue weighted by molar-refractivity contribution is -0.141. The Bertz CT molecular complexity index is 488. The van der Waals surface area contributed by atoms with Crippen LogP contribution in [-0.4, -0.2) is 34.4 Å². The maximum absolute atomic E-state index is 11.6. The molecule has 0 aromatic carbocycles. The van der Waals surface area contributed by atoms with Crippen molar-refractivity contribution < 1.29 is 9.90 Å². The molecule has 0 amide bonds. The summed E-state index contributed by atoms with van der Waals surface area (Å²) >= 11 is 5.92. The van der Waals surface area contributed by atoms with E-state index >= 15 is 0 Å². The van der Waals surface area contributed by atoms with Crippen molar-refractivity contribution in [2.75, 3.05) is 18.0 Å². The fourth-order valence-electron chi connectivity index (χ4n) is 2.05. The summed E-state index contributed by atoms with van der Waals surface area (Å²) in [6.07, 6.45) is 2.71. The third-order valence-electron chi connectivity index (χ3n) is 2.87. The van der Waals surface area contributed by atoms with Gasteiger partial charge in [-0.05, 0) is 12.8 Å². The molecule has 1 fully saturated rings. The largest absolute Gasteiger partial charge is 0.481 e. The molecule has 1 aliphatic rings. The second kappa shape index (κ2) is 4.75. The van der Waals surface area contributed by atoms with Crippen LogP contribution in [0, 0.1) is 5.92 Å². The number of hydrogen-bond acceptors (Lipinski definition) is 4. The summed E-state index contributed by atoms with van der Waals surface area (Å²) in [5.74, 6) is -1.29. The highest BCUT2D eigenvalue weighted by Crippen LogP contribution is 2.25. The highest BCUT2D eigenvalue weighted by molar-refractivity contribution is 6.33. The van der Waals surface area contributed by atoms with E-state index in [0.717, 1.165) is 6.42 Å². The van der Waals surface area contributed by atoms with Crippen LogP contribution in [0.25, 0.3) is 0 Å². The Labute approximate surface area is 102 Å². The number of nitrogens with zero attached hydrogens (tertiary/aromatic N) is 2. The molecule has 1 aliphatic heterocycles. The van der Waals surface area contributed by atoms with Crippen LogP contribution in [0.3, 0.4) is 0 Å². The van der Waals surface area contributed by atoms with Gasteiger partial charge in [-0.1, -0.05) is 11.6 Å². The van der Waals surface area contributed by atoms with E-state index in [0.29, 0.717) is 25.2 Å². The Morgan fingerprint density at radius 2 is 2.41 bits per heavy atom. The number of rotatable bonds is 2. The molecule has 1 aromatic rings. The highest BCUT2D eigenvalue weighted by Gasteiger charge is 2.27. The van der Waals surface area contributed by atoms with Gasteiger partial charge in [-0.2, -0.15) is 5.10 Å². The zero-order valence-corrected chi connectivity index (χ0v) is 9.78. The summed E-state index contributed by atoms with van der Waals surface area (Å²) in [5, 5.41) is 15.1. The first kappa shape index (κ1) is 11.9. The maximum Gasteiger partial charge on any atom is 0.308 e. The molecule has 2 rings (SSSR count). The number of aliphatic carboxylic acids is 1. The van der Waals surface area contributed by atoms with Gasteiger partial charge in [0.05, 0.1) is 17.1 Å². The predicted molar refractivity (Wildman–Crippen MR) is 62.4 cm³/mol. The molecule has 0 saturated carbocycles. The Balaban J connectivity index is 2.28. The molecule has 6 nitrogen and oxygen atoms in total. The number of carboxylic acid groups (broad SMARTS) is 1. The van der Waals surface area contributed by atoms with E-state index in [1.807, 2.05) is 0 Å². The van der Waals surface area contributed by atoms with E-state index in [-0.39, 0.29) is 10.6 Å². The number of carbonyl (C=O) groups is 1. The first-order valence-electron chi connectivity index (χ1n) is 5.30. The molecule has 1 saturated heterocycles. The number of aromatic amines is 1. The number of H-pyrrole nitrogens is 1. The van der Waals surface area contributed by atoms with Gasteiger partial charge in [-0.15, -0.1) is 0 Å². The van der Waals surface area contributed by atoms with Gasteiger partial charge < -0.3 is 10.0 Å². The van der Waals surface area contributed by atoms with Crippen molar-refractivity contribution in [3.8, 4) is 0 Å². The van der Waals surface area contributed by atoms with Crippen LogP contribution in [0.2, 0.25) is 5.02 Å². The Morgan fingerprint density at radius 1 is 1.65 bits per heavy atom. The second-order valence-electron chi connectivity index (χ2n) is 4.02. The molecule has 0 aliphatic carbocycles. The van der Waals surface area contributed by atoms with Crippen molar-refractivity contribution in [2.45, 2.75) is 12.8 Å². The van der Waals surface area contributed by atoms with Crippen LogP contribution in [0.15, 0.2) is 11.0 Å². The molecule has 0 spiro atoms. The van der Waals surface area contributed by atoms with E-state index in [4.69, 9.17) is 16.7 Å². The quantitative estimate of drug-likeness (QED) is 0.815. The molecule has 0 radical (unpaired) electrons. The van der Waals surface area contributed by atoms with Gasteiger partial charge in [-0.3, -0.25) is 9.59 Å². The number of nitrogens with one attached hydrogen (secondary N) is 1. The zero-order chi connectivity index (χ0) is 12.4. The molecular formula is C10H12ClN3O3. The molecule has 17 heavy (non-hydrogen) atoms. The summed E-state index contributed by atoms with van der Waals surface area (Å²) in [6, 6.07) is 0. The lowest BCUT2D eigenvalue weighted by Crippen LogP contribution is -2.41. The molecular weight excluding hydrogens is 246 g/mol. The van der Waals surface area contributed by atoms with Gasteiger partial charge in [0.2, 0.25) is 0 Å². The number of hydrogen-bond donors (Lipinski definition) is 2. The van der Waals surface area contributed by atoms with Crippen molar-refractivity contribution in [2.24, 2.45) is 5.92 Å². The van der Waals surface area contributed by atoms with Crippen LogP contribution in [0.1, 0.15) is 12.8 Å². The number of carboxylic acids is 1. The maximum atomic E-state index is 11.6. The first-order valence-corrected chi connectivity index (χ1v) is 5.68. The topological polar surface area (TPSA) is 86.3 Å². The predicted octanol–water partition coefficient (Wildman–Crippen LogP) is 0.724. The number of halogens is 1. The van der Waals surface area contributed by atoms with Crippen LogP contribution in [-0.2, 0) is 4.79 Å². The lowest BCUT2D eigenvalue weighted by Gasteiger charge is -2.32. The molecule has 1 atom stereocenters. The smallest absolute Gasteiger partial charge is 0.308 e. The second-order valence-corrected chi connectivity index (χ2v) is 4.43. The molecule has 0 bridgehead atoms. The average molecular weight is 258 g/mol. The van der Waals surface area contributed by atoms with Gasteiger partial charge in [0.15, 0.2) is 0 Å². The Morgan fingerprint density at radius 3 is 3.06 bits per heavy atom. The Hall–Kier alpha value is -1.56. The van der Waals surface area contributed by atoms with Gasteiger partial charge in [0, 0.05) is 13.1 Å². The number of aromatic nitrogens is 2. The van der Waals surface area contributed by atoms with Crippen molar-refractivity contribution in [1.82, 2.24) is 10.2 Å². The molecule has 2 heterocycles. The highest BCUT2D eigenvalue weighted by atomic mass is 35.5. The summed E-state index contributed by atoms with van der Waals surface area (Å²) in [5.41, 5.74) is -0.0730. The minimum Gasteiger partial charge on any atom is -0.481 e. The number of anilines is 1. The lowest BCUT2D eigenvalue weighted by atomic mass is 9.98. The first-order chi connectivity index (χ1) is 8.09. The molecule has 1 unspecified atom stereocenters. The van der Waals surface area contributed by atoms with E-state index in [9.17, 15) is 9.59 Å². The summed E-state index contributed by atoms with van der Waals surface area (Å²) in [7, 11) is 0. The summed E-state index contributed by atoms with van der Waals surface area (Å²) in [4.78, 5) is 24.3. The third-order valence-corrected chi connectivity index (χ3v) is 3.15. The molecule has 1 aromatic heterocycles. The van der Waals surface area contributed by atoms with Crippen LogP contribution < -0.4 is 10.5 Å². The van der Waals surface area contributed by atoms with Gasteiger partial charge in [0.1, 0.15) is 5.69 Å².